The summed E-state index contributed by atoms with van der Waals surface area (Å²) in [5, 5.41) is 3.11. The molecular weight excluding hydrogens is 371 g/mol. The number of halogens is 2. The van der Waals surface area contributed by atoms with Crippen molar-refractivity contribution in [2.45, 2.75) is 26.4 Å². The molecule has 5 nitrogen and oxygen atoms in total. The molecule has 0 saturated carbocycles. The van der Waals surface area contributed by atoms with Gasteiger partial charge in [0.05, 0.1) is 0 Å². The van der Waals surface area contributed by atoms with Crippen molar-refractivity contribution in [3.05, 3.63) is 64.4 Å². The number of hydrogen-bond donors (Lipinski definition) is 1. The van der Waals surface area contributed by atoms with Crippen molar-refractivity contribution in [3.8, 4) is 5.75 Å². The number of rotatable bonds is 7. The second kappa shape index (κ2) is 9.37. The van der Waals surface area contributed by atoms with Gasteiger partial charge < -0.3 is 15.0 Å². The Kier molecular flexibility index (Phi) is 7.19. The van der Waals surface area contributed by atoms with Crippen molar-refractivity contribution in [1.82, 2.24) is 10.2 Å². The highest BCUT2D eigenvalue weighted by molar-refractivity contribution is 6.31. The van der Waals surface area contributed by atoms with E-state index in [0.29, 0.717) is 16.3 Å². The number of benzene rings is 2. The Morgan fingerprint density at radius 2 is 1.96 bits per heavy atom. The third-order valence-electron chi connectivity index (χ3n) is 4.20. The summed E-state index contributed by atoms with van der Waals surface area (Å²) in [7, 11) is 1.48. The first kappa shape index (κ1) is 20.7. The highest BCUT2D eigenvalue weighted by Gasteiger charge is 2.26. The van der Waals surface area contributed by atoms with Gasteiger partial charge >= 0.3 is 0 Å². The standard InChI is InChI=1S/C20H22ClFN2O3/c1-13-10-16(8-9-17(13)21)27-12-19(25)24(14(2)20(26)23-3)11-15-6-4-5-7-18(15)22/h4-10,14H,11-12H2,1-3H3,(H,23,26). The number of carbonyl (C=O) groups is 2. The van der Waals surface area contributed by atoms with Crippen LogP contribution in [0.15, 0.2) is 42.5 Å². The minimum atomic E-state index is -0.780. The average Bonchev–Trinajstić information content (AvgIpc) is 2.66. The number of amides is 2. The van der Waals surface area contributed by atoms with E-state index in [9.17, 15) is 14.0 Å². The molecule has 0 aliphatic rings. The minimum absolute atomic E-state index is 0.0386. The molecule has 2 aromatic carbocycles. The van der Waals surface area contributed by atoms with Crippen LogP contribution in [0.2, 0.25) is 5.02 Å². The highest BCUT2D eigenvalue weighted by Crippen LogP contribution is 2.21. The van der Waals surface area contributed by atoms with Gasteiger partial charge in [-0.1, -0.05) is 29.8 Å². The van der Waals surface area contributed by atoms with E-state index < -0.39 is 17.8 Å². The third-order valence-corrected chi connectivity index (χ3v) is 4.63. The van der Waals surface area contributed by atoms with Crippen LogP contribution >= 0.6 is 11.6 Å². The summed E-state index contributed by atoms with van der Waals surface area (Å²) in [6.07, 6.45) is 0. The number of nitrogens with one attached hydrogen (secondary N) is 1. The summed E-state index contributed by atoms with van der Waals surface area (Å²) in [5.74, 6) is -0.721. The second-order valence-electron chi connectivity index (χ2n) is 6.10. The zero-order chi connectivity index (χ0) is 20.0. The van der Waals surface area contributed by atoms with E-state index in [1.165, 1.54) is 18.0 Å². The Bertz CT molecular complexity index is 829. The SMILES string of the molecule is CNC(=O)C(C)N(Cc1ccccc1F)C(=O)COc1ccc(Cl)c(C)c1. The summed E-state index contributed by atoms with van der Waals surface area (Å²) in [6, 6.07) is 10.4. The maximum atomic E-state index is 14.0. The van der Waals surface area contributed by atoms with Gasteiger partial charge in [-0.25, -0.2) is 4.39 Å². The molecule has 1 atom stereocenters. The first-order valence-electron chi connectivity index (χ1n) is 8.47. The van der Waals surface area contributed by atoms with Gasteiger partial charge in [-0.3, -0.25) is 9.59 Å². The molecule has 7 heteroatoms. The molecule has 27 heavy (non-hydrogen) atoms. The lowest BCUT2D eigenvalue weighted by Gasteiger charge is -2.28. The van der Waals surface area contributed by atoms with Crippen molar-refractivity contribution in [1.29, 1.82) is 0 Å². The molecule has 1 unspecified atom stereocenters. The van der Waals surface area contributed by atoms with E-state index in [0.717, 1.165) is 5.56 Å². The van der Waals surface area contributed by atoms with Crippen LogP contribution in [0.3, 0.4) is 0 Å². The average molecular weight is 393 g/mol. The van der Waals surface area contributed by atoms with E-state index in [1.54, 1.807) is 43.3 Å². The number of ether oxygens (including phenoxy) is 1. The van der Waals surface area contributed by atoms with Gasteiger partial charge in [-0.2, -0.15) is 0 Å². The quantitative estimate of drug-likeness (QED) is 0.786. The Morgan fingerprint density at radius 3 is 2.59 bits per heavy atom. The number of aryl methyl sites for hydroxylation is 1. The molecule has 1 N–H and O–H groups in total. The second-order valence-corrected chi connectivity index (χ2v) is 6.51. The lowest BCUT2D eigenvalue weighted by molar-refractivity contribution is -0.142. The summed E-state index contributed by atoms with van der Waals surface area (Å²) in [4.78, 5) is 26.0. The largest absolute Gasteiger partial charge is 0.484 e. The molecule has 2 amide bonds. The smallest absolute Gasteiger partial charge is 0.261 e. The number of nitrogens with zero attached hydrogens (tertiary/aromatic N) is 1. The Balaban J connectivity index is 2.16. The van der Waals surface area contributed by atoms with Crippen molar-refractivity contribution in [2.24, 2.45) is 0 Å². The zero-order valence-electron chi connectivity index (χ0n) is 15.5. The van der Waals surface area contributed by atoms with Crippen molar-refractivity contribution < 1.29 is 18.7 Å². The maximum absolute atomic E-state index is 14.0. The summed E-state index contributed by atoms with van der Waals surface area (Å²) < 4.78 is 19.6. The van der Waals surface area contributed by atoms with E-state index in [4.69, 9.17) is 16.3 Å². The lowest BCUT2D eigenvalue weighted by Crippen LogP contribution is -2.48. The Labute approximate surface area is 163 Å². The van der Waals surface area contributed by atoms with Crippen molar-refractivity contribution in [2.75, 3.05) is 13.7 Å². The predicted molar refractivity (Wildman–Crippen MR) is 102 cm³/mol. The molecule has 0 bridgehead atoms. The molecule has 0 saturated heterocycles. The van der Waals surface area contributed by atoms with Gasteiger partial charge in [-0.15, -0.1) is 0 Å². The van der Waals surface area contributed by atoms with Crippen LogP contribution in [0.5, 0.6) is 5.75 Å². The summed E-state index contributed by atoms with van der Waals surface area (Å²) in [6.45, 7) is 3.10. The summed E-state index contributed by atoms with van der Waals surface area (Å²) >= 11 is 5.98. The first-order chi connectivity index (χ1) is 12.8. The molecular formula is C20H22ClFN2O3. The molecule has 0 aromatic heterocycles. The Hall–Kier alpha value is -2.60. The van der Waals surface area contributed by atoms with Crippen LogP contribution in [-0.4, -0.2) is 36.4 Å². The monoisotopic (exact) mass is 392 g/mol. The predicted octanol–water partition coefficient (Wildman–Crippen LogP) is 3.33. The first-order valence-corrected chi connectivity index (χ1v) is 8.84. The topological polar surface area (TPSA) is 58.6 Å². The molecule has 0 aliphatic heterocycles. The molecule has 0 aliphatic carbocycles. The van der Waals surface area contributed by atoms with Gasteiger partial charge in [0.2, 0.25) is 5.91 Å². The third kappa shape index (κ3) is 5.44. The fraction of sp³-hybridized carbons (Fsp3) is 0.300. The van der Waals surface area contributed by atoms with Crippen LogP contribution in [0.4, 0.5) is 4.39 Å². The van der Waals surface area contributed by atoms with Gasteiger partial charge in [0.1, 0.15) is 17.6 Å². The van der Waals surface area contributed by atoms with E-state index in [1.807, 2.05) is 6.92 Å². The normalized spacial score (nSPS) is 11.6. The number of likely N-dealkylation sites (N-methyl/N-ethyl adjacent to an activating group) is 1. The van der Waals surface area contributed by atoms with E-state index in [-0.39, 0.29) is 19.1 Å². The van der Waals surface area contributed by atoms with E-state index >= 15 is 0 Å². The van der Waals surface area contributed by atoms with Crippen LogP contribution in [0.1, 0.15) is 18.1 Å². The van der Waals surface area contributed by atoms with Crippen molar-refractivity contribution in [3.63, 3.8) is 0 Å². The Morgan fingerprint density at radius 1 is 1.26 bits per heavy atom. The van der Waals surface area contributed by atoms with Gasteiger partial charge in [0.25, 0.3) is 5.91 Å². The maximum Gasteiger partial charge on any atom is 0.261 e. The highest BCUT2D eigenvalue weighted by atomic mass is 35.5. The molecule has 144 valence electrons. The van der Waals surface area contributed by atoms with Crippen LogP contribution in [-0.2, 0) is 16.1 Å². The molecule has 0 radical (unpaired) electrons. The minimum Gasteiger partial charge on any atom is -0.484 e. The van der Waals surface area contributed by atoms with Crippen molar-refractivity contribution >= 4 is 23.4 Å². The van der Waals surface area contributed by atoms with Gasteiger partial charge in [0.15, 0.2) is 6.61 Å². The molecule has 0 spiro atoms. The molecule has 2 aromatic rings. The number of hydrogen-bond acceptors (Lipinski definition) is 3. The van der Waals surface area contributed by atoms with Gasteiger partial charge in [-0.05, 0) is 43.7 Å². The van der Waals surface area contributed by atoms with Crippen LogP contribution < -0.4 is 10.1 Å². The lowest BCUT2D eigenvalue weighted by atomic mass is 10.1. The molecule has 0 heterocycles. The zero-order valence-corrected chi connectivity index (χ0v) is 16.2. The van der Waals surface area contributed by atoms with Gasteiger partial charge in [0, 0.05) is 24.2 Å². The fourth-order valence-corrected chi connectivity index (χ4v) is 2.65. The summed E-state index contributed by atoms with van der Waals surface area (Å²) in [5.41, 5.74) is 1.15. The van der Waals surface area contributed by atoms with E-state index in [2.05, 4.69) is 5.32 Å². The molecule has 2 rings (SSSR count). The number of carbonyl (C=O) groups excluding carboxylic acids is 2. The van der Waals surface area contributed by atoms with Crippen LogP contribution in [0, 0.1) is 12.7 Å². The fourth-order valence-electron chi connectivity index (χ4n) is 2.54. The molecule has 0 fully saturated rings. The van der Waals surface area contributed by atoms with Crippen LogP contribution in [0.25, 0.3) is 0 Å².